The van der Waals surface area contributed by atoms with Crippen LogP contribution in [0.3, 0.4) is 0 Å². The molecule has 0 saturated carbocycles. The molecular formula is C17H28N3O2S2+. The summed E-state index contributed by atoms with van der Waals surface area (Å²) in [5.74, 6) is 0.836. The Hall–Kier alpha value is -1.05. The number of rotatable bonds is 8. The van der Waals surface area contributed by atoms with Gasteiger partial charge in [-0.15, -0.1) is 11.8 Å². The molecule has 0 spiro atoms. The van der Waals surface area contributed by atoms with Crippen LogP contribution in [0.1, 0.15) is 31.2 Å². The Balaban J connectivity index is 2.15. The van der Waals surface area contributed by atoms with E-state index in [-0.39, 0.29) is 17.2 Å². The number of thiophene rings is 1. The number of likely N-dealkylation sites (N-methyl/N-ethyl adjacent to an activating group) is 1. The van der Waals surface area contributed by atoms with Gasteiger partial charge in [-0.1, -0.05) is 13.8 Å². The highest BCUT2D eigenvalue weighted by Crippen LogP contribution is 2.41. The first-order chi connectivity index (χ1) is 11.4. The molecule has 1 aliphatic rings. The van der Waals surface area contributed by atoms with Gasteiger partial charge in [0, 0.05) is 0 Å². The Kier molecular flexibility index (Phi) is 7.13. The molecule has 1 aliphatic heterocycles. The molecule has 0 radical (unpaired) electrons. The zero-order valence-electron chi connectivity index (χ0n) is 14.9. The maximum absolute atomic E-state index is 12.8. The Morgan fingerprint density at radius 2 is 2.21 bits per heavy atom. The molecule has 5 nitrogen and oxygen atoms in total. The zero-order chi connectivity index (χ0) is 17.7. The maximum atomic E-state index is 12.8. The fraction of sp³-hybridized carbons (Fsp3) is 0.647. The first kappa shape index (κ1) is 19.3. The molecule has 2 atom stereocenters. The lowest BCUT2D eigenvalue weighted by Gasteiger charge is -2.32. The van der Waals surface area contributed by atoms with Crippen LogP contribution in [0.2, 0.25) is 0 Å². The smallest absolute Gasteiger partial charge is 0.243 e. The topological polar surface area (TPSA) is 53.9 Å². The fourth-order valence-corrected chi connectivity index (χ4v) is 4.77. The van der Waals surface area contributed by atoms with E-state index in [0.29, 0.717) is 24.6 Å². The normalized spacial score (nSPS) is 19.3. The fourth-order valence-electron chi connectivity index (χ4n) is 2.79. The summed E-state index contributed by atoms with van der Waals surface area (Å²) in [5, 5.41) is 7.07. The molecule has 2 heterocycles. The van der Waals surface area contributed by atoms with Crippen molar-refractivity contribution in [2.75, 3.05) is 32.9 Å². The van der Waals surface area contributed by atoms with Crippen LogP contribution >= 0.6 is 23.1 Å². The van der Waals surface area contributed by atoms with E-state index in [4.69, 9.17) is 0 Å². The average Bonchev–Trinajstić information content (AvgIpc) is 3.13. The number of nitrogens with one attached hydrogen (secondary N) is 2. The lowest BCUT2D eigenvalue weighted by molar-refractivity contribution is -0.856. The van der Waals surface area contributed by atoms with Crippen molar-refractivity contribution in [3.63, 3.8) is 0 Å². The monoisotopic (exact) mass is 370 g/mol. The van der Waals surface area contributed by atoms with E-state index in [1.165, 1.54) is 4.90 Å². The van der Waals surface area contributed by atoms with E-state index in [2.05, 4.69) is 38.6 Å². The first-order valence-electron chi connectivity index (χ1n) is 8.41. The predicted molar refractivity (Wildman–Crippen MR) is 100 cm³/mol. The van der Waals surface area contributed by atoms with Crippen LogP contribution in [-0.2, 0) is 9.59 Å². The number of quaternary nitrogens is 1. The van der Waals surface area contributed by atoms with Gasteiger partial charge in [-0.2, -0.15) is 11.3 Å². The summed E-state index contributed by atoms with van der Waals surface area (Å²) in [6.07, 6.45) is 0.688. The molecule has 2 amide bonds. The first-order valence-corrected chi connectivity index (χ1v) is 10.4. The molecule has 2 N–H and O–H groups in total. The predicted octanol–water partition coefficient (Wildman–Crippen LogP) is 0.998. The highest BCUT2D eigenvalue weighted by Gasteiger charge is 2.41. The van der Waals surface area contributed by atoms with Crippen molar-refractivity contribution in [1.82, 2.24) is 10.2 Å². The van der Waals surface area contributed by atoms with Crippen LogP contribution in [0.15, 0.2) is 16.8 Å². The van der Waals surface area contributed by atoms with Crippen LogP contribution in [0.5, 0.6) is 0 Å². The van der Waals surface area contributed by atoms with Crippen molar-refractivity contribution in [2.45, 2.75) is 31.7 Å². The molecule has 1 fully saturated rings. The van der Waals surface area contributed by atoms with Crippen molar-refractivity contribution in [1.29, 1.82) is 0 Å². The van der Waals surface area contributed by atoms with Crippen molar-refractivity contribution in [2.24, 2.45) is 5.92 Å². The van der Waals surface area contributed by atoms with Crippen molar-refractivity contribution < 1.29 is 14.5 Å². The summed E-state index contributed by atoms with van der Waals surface area (Å²) in [7, 11) is 4.12. The summed E-state index contributed by atoms with van der Waals surface area (Å²) in [4.78, 5) is 28.4. The second kappa shape index (κ2) is 8.87. The van der Waals surface area contributed by atoms with Gasteiger partial charge in [0.1, 0.15) is 11.4 Å². The molecule has 7 heteroatoms. The summed E-state index contributed by atoms with van der Waals surface area (Å²) in [5.41, 5.74) is 1.12. The zero-order valence-corrected chi connectivity index (χ0v) is 16.5. The van der Waals surface area contributed by atoms with Crippen LogP contribution in [0.4, 0.5) is 0 Å². The molecule has 0 unspecified atom stereocenters. The van der Waals surface area contributed by atoms with E-state index >= 15 is 0 Å². The van der Waals surface area contributed by atoms with Crippen LogP contribution < -0.4 is 10.2 Å². The van der Waals surface area contributed by atoms with E-state index < -0.39 is 6.04 Å². The highest BCUT2D eigenvalue weighted by atomic mass is 32.2. The number of carbonyl (C=O) groups is 2. The number of carbonyl (C=O) groups excluding carboxylic acids is 2. The van der Waals surface area contributed by atoms with Gasteiger partial charge in [-0.3, -0.25) is 9.59 Å². The minimum Gasteiger partial charge on any atom is -0.349 e. The van der Waals surface area contributed by atoms with Crippen LogP contribution in [0.25, 0.3) is 0 Å². The SMILES string of the molecule is CC(C)C[C@@H](C(=O)NCC[NH+](C)C)N1C(=O)CS[C@H]1c1ccsc1. The molecule has 2 rings (SSSR count). The highest BCUT2D eigenvalue weighted by molar-refractivity contribution is 8.00. The second-order valence-electron chi connectivity index (χ2n) is 6.91. The summed E-state index contributed by atoms with van der Waals surface area (Å²) >= 11 is 3.24. The molecule has 0 aromatic carbocycles. The Morgan fingerprint density at radius 3 is 2.79 bits per heavy atom. The quantitative estimate of drug-likeness (QED) is 0.718. The Bertz CT molecular complexity index is 546. The van der Waals surface area contributed by atoms with E-state index in [1.54, 1.807) is 23.1 Å². The van der Waals surface area contributed by atoms with Gasteiger partial charge < -0.3 is 15.1 Å². The molecule has 134 valence electrons. The minimum absolute atomic E-state index is 0.0268. The van der Waals surface area contributed by atoms with Crippen molar-refractivity contribution >= 4 is 34.9 Å². The molecule has 24 heavy (non-hydrogen) atoms. The lowest BCUT2D eigenvalue weighted by atomic mass is 10.0. The molecule has 0 aliphatic carbocycles. The number of thioether (sulfide) groups is 1. The average molecular weight is 371 g/mol. The third kappa shape index (κ3) is 4.97. The summed E-state index contributed by atoms with van der Waals surface area (Å²) in [6, 6.07) is 1.66. The third-order valence-electron chi connectivity index (χ3n) is 3.99. The van der Waals surface area contributed by atoms with Gasteiger partial charge in [-0.05, 0) is 34.7 Å². The Labute approximate surface area is 152 Å². The van der Waals surface area contributed by atoms with Crippen molar-refractivity contribution in [3.05, 3.63) is 22.4 Å². The minimum atomic E-state index is -0.394. The molecule has 1 aromatic heterocycles. The lowest BCUT2D eigenvalue weighted by Crippen LogP contribution is -3.06. The van der Waals surface area contributed by atoms with Crippen LogP contribution in [-0.4, -0.2) is 55.7 Å². The van der Waals surface area contributed by atoms with Gasteiger partial charge in [0.05, 0.1) is 32.9 Å². The number of amides is 2. The number of hydrogen-bond donors (Lipinski definition) is 2. The molecule has 1 aromatic rings. The van der Waals surface area contributed by atoms with Gasteiger partial charge >= 0.3 is 0 Å². The van der Waals surface area contributed by atoms with E-state index in [1.807, 2.05) is 16.3 Å². The van der Waals surface area contributed by atoms with E-state index in [0.717, 1.165) is 12.1 Å². The maximum Gasteiger partial charge on any atom is 0.243 e. The van der Waals surface area contributed by atoms with Gasteiger partial charge in [-0.25, -0.2) is 0 Å². The second-order valence-corrected chi connectivity index (χ2v) is 8.76. The largest absolute Gasteiger partial charge is 0.349 e. The summed E-state index contributed by atoms with van der Waals surface area (Å²) < 4.78 is 0. The molecular weight excluding hydrogens is 342 g/mol. The van der Waals surface area contributed by atoms with Gasteiger partial charge in [0.2, 0.25) is 11.8 Å². The van der Waals surface area contributed by atoms with Gasteiger partial charge in [0.15, 0.2) is 0 Å². The van der Waals surface area contributed by atoms with Gasteiger partial charge in [0.25, 0.3) is 0 Å². The standard InChI is InChI=1S/C17H27N3O2S2/c1-12(2)9-14(16(22)18-6-7-19(3)4)20-15(21)11-24-17(20)13-5-8-23-10-13/h5,8,10,12,14,17H,6-7,9,11H2,1-4H3,(H,18,22)/p+1/t14-,17-/m0/s1. The van der Waals surface area contributed by atoms with E-state index in [9.17, 15) is 9.59 Å². The van der Waals surface area contributed by atoms with Crippen molar-refractivity contribution in [3.8, 4) is 0 Å². The number of nitrogens with zero attached hydrogens (tertiary/aromatic N) is 1. The number of hydrogen-bond acceptors (Lipinski definition) is 4. The van der Waals surface area contributed by atoms with Crippen LogP contribution in [0, 0.1) is 5.92 Å². The summed E-state index contributed by atoms with van der Waals surface area (Å²) in [6.45, 7) is 5.69. The third-order valence-corrected chi connectivity index (χ3v) is 5.92. The molecule has 0 bridgehead atoms. The Morgan fingerprint density at radius 1 is 1.46 bits per heavy atom. The molecule has 1 saturated heterocycles.